The molecule has 3 N–H and O–H groups in total. The lowest BCUT2D eigenvalue weighted by Gasteiger charge is -2.00. The highest BCUT2D eigenvalue weighted by molar-refractivity contribution is 5.57. The van der Waals surface area contributed by atoms with Crippen LogP contribution in [0.25, 0.3) is 11.4 Å². The van der Waals surface area contributed by atoms with Gasteiger partial charge < -0.3 is 10.8 Å². The van der Waals surface area contributed by atoms with Gasteiger partial charge in [0, 0.05) is 5.56 Å². The Balaban J connectivity index is 2.44. The van der Waals surface area contributed by atoms with Crippen LogP contribution in [0.3, 0.4) is 0 Å². The normalized spacial score (nSPS) is 10.0. The van der Waals surface area contributed by atoms with E-state index in [9.17, 15) is 5.11 Å². The Morgan fingerprint density at radius 2 is 1.86 bits per heavy atom. The summed E-state index contributed by atoms with van der Waals surface area (Å²) < 4.78 is 0. The van der Waals surface area contributed by atoms with Gasteiger partial charge in [0.25, 0.3) is 0 Å². The maximum absolute atomic E-state index is 9.25. The number of phenols is 1. The van der Waals surface area contributed by atoms with Gasteiger partial charge in [0.15, 0.2) is 5.82 Å². The maximum Gasteiger partial charge on any atom is 0.159 e. The van der Waals surface area contributed by atoms with Gasteiger partial charge in [0.1, 0.15) is 5.75 Å². The third kappa shape index (κ3) is 1.64. The van der Waals surface area contributed by atoms with Crippen LogP contribution < -0.4 is 5.73 Å². The SMILES string of the molecule is Nc1cnc(-c2cccc(O)c2)nc1. The zero-order valence-corrected chi connectivity index (χ0v) is 7.38. The number of rotatable bonds is 1. The Bertz CT molecular complexity index is 439. The number of nitrogen functional groups attached to an aromatic ring is 1. The molecule has 1 heterocycles. The van der Waals surface area contributed by atoms with Crippen molar-refractivity contribution in [3.05, 3.63) is 36.7 Å². The van der Waals surface area contributed by atoms with Crippen LogP contribution in [0.2, 0.25) is 0 Å². The molecule has 0 bridgehead atoms. The fraction of sp³-hybridized carbons (Fsp3) is 0. The number of benzene rings is 1. The average molecular weight is 187 g/mol. The van der Waals surface area contributed by atoms with Gasteiger partial charge >= 0.3 is 0 Å². The van der Waals surface area contributed by atoms with Crippen LogP contribution in [0.4, 0.5) is 5.69 Å². The molecule has 0 saturated heterocycles. The molecule has 0 unspecified atom stereocenters. The van der Waals surface area contributed by atoms with Gasteiger partial charge in [-0.25, -0.2) is 9.97 Å². The van der Waals surface area contributed by atoms with E-state index in [1.54, 1.807) is 18.2 Å². The minimum atomic E-state index is 0.197. The number of nitrogens with two attached hydrogens (primary N) is 1. The number of hydrogen-bond acceptors (Lipinski definition) is 4. The van der Waals surface area contributed by atoms with Gasteiger partial charge in [0.05, 0.1) is 18.1 Å². The number of aromatic hydroxyl groups is 1. The average Bonchev–Trinajstić information content (AvgIpc) is 2.19. The highest BCUT2D eigenvalue weighted by atomic mass is 16.3. The summed E-state index contributed by atoms with van der Waals surface area (Å²) >= 11 is 0. The van der Waals surface area contributed by atoms with E-state index in [1.165, 1.54) is 12.4 Å². The van der Waals surface area contributed by atoms with Crippen LogP contribution in [0.5, 0.6) is 5.75 Å². The first-order chi connectivity index (χ1) is 6.75. The number of aromatic nitrogens is 2. The summed E-state index contributed by atoms with van der Waals surface area (Å²) in [4.78, 5) is 8.08. The number of anilines is 1. The molecule has 0 atom stereocenters. The van der Waals surface area contributed by atoms with E-state index in [-0.39, 0.29) is 5.75 Å². The molecule has 0 saturated carbocycles. The fourth-order valence-electron chi connectivity index (χ4n) is 1.13. The van der Waals surface area contributed by atoms with E-state index >= 15 is 0 Å². The van der Waals surface area contributed by atoms with Crippen LogP contribution in [0.1, 0.15) is 0 Å². The summed E-state index contributed by atoms with van der Waals surface area (Å²) in [6.45, 7) is 0. The molecule has 4 nitrogen and oxygen atoms in total. The molecule has 0 aliphatic heterocycles. The molecule has 14 heavy (non-hydrogen) atoms. The minimum Gasteiger partial charge on any atom is -0.508 e. The minimum absolute atomic E-state index is 0.197. The molecule has 4 heteroatoms. The first-order valence-electron chi connectivity index (χ1n) is 4.12. The van der Waals surface area contributed by atoms with E-state index in [0.29, 0.717) is 11.5 Å². The molecule has 2 rings (SSSR count). The van der Waals surface area contributed by atoms with Crippen molar-refractivity contribution in [1.82, 2.24) is 9.97 Å². The van der Waals surface area contributed by atoms with Crippen molar-refractivity contribution in [3.63, 3.8) is 0 Å². The topological polar surface area (TPSA) is 72.0 Å². The lowest BCUT2D eigenvalue weighted by molar-refractivity contribution is 0.475. The summed E-state index contributed by atoms with van der Waals surface area (Å²) in [6.07, 6.45) is 3.07. The van der Waals surface area contributed by atoms with E-state index in [4.69, 9.17) is 5.73 Å². The molecule has 2 aromatic rings. The first kappa shape index (κ1) is 8.50. The van der Waals surface area contributed by atoms with Crippen molar-refractivity contribution in [2.45, 2.75) is 0 Å². The van der Waals surface area contributed by atoms with Crippen LogP contribution in [0, 0.1) is 0 Å². The van der Waals surface area contributed by atoms with Crippen LogP contribution in [-0.2, 0) is 0 Å². The summed E-state index contributed by atoms with van der Waals surface area (Å²) in [5.74, 6) is 0.748. The van der Waals surface area contributed by atoms with Gasteiger partial charge in [-0.05, 0) is 12.1 Å². The molecular weight excluding hydrogens is 178 g/mol. The predicted octanol–water partition coefficient (Wildman–Crippen LogP) is 1.43. The largest absolute Gasteiger partial charge is 0.508 e. The second-order valence-electron chi connectivity index (χ2n) is 2.89. The zero-order valence-electron chi connectivity index (χ0n) is 7.38. The lowest BCUT2D eigenvalue weighted by atomic mass is 10.2. The second kappa shape index (κ2) is 3.33. The first-order valence-corrected chi connectivity index (χ1v) is 4.12. The van der Waals surface area contributed by atoms with Crippen LogP contribution in [0.15, 0.2) is 36.7 Å². The van der Waals surface area contributed by atoms with Crippen LogP contribution >= 0.6 is 0 Å². The third-order valence-corrected chi connectivity index (χ3v) is 1.78. The fourth-order valence-corrected chi connectivity index (χ4v) is 1.13. The zero-order chi connectivity index (χ0) is 9.97. The molecule has 1 aromatic carbocycles. The quantitative estimate of drug-likeness (QED) is 0.708. The van der Waals surface area contributed by atoms with Crippen LogP contribution in [-0.4, -0.2) is 15.1 Å². The van der Waals surface area contributed by atoms with Crippen molar-refractivity contribution < 1.29 is 5.11 Å². The van der Waals surface area contributed by atoms with Gasteiger partial charge in [-0.1, -0.05) is 12.1 Å². The summed E-state index contributed by atoms with van der Waals surface area (Å²) in [5, 5.41) is 9.25. The Morgan fingerprint density at radius 1 is 1.14 bits per heavy atom. The van der Waals surface area contributed by atoms with Gasteiger partial charge in [-0.2, -0.15) is 0 Å². The number of hydrogen-bond donors (Lipinski definition) is 2. The van der Waals surface area contributed by atoms with Crippen molar-refractivity contribution in [1.29, 1.82) is 0 Å². The summed E-state index contributed by atoms with van der Waals surface area (Å²) in [6, 6.07) is 6.77. The molecular formula is C10H9N3O. The van der Waals surface area contributed by atoms with Crippen molar-refractivity contribution in [2.75, 3.05) is 5.73 Å². The molecule has 0 aliphatic rings. The monoisotopic (exact) mass is 187 g/mol. The molecule has 0 radical (unpaired) electrons. The molecule has 70 valence electrons. The third-order valence-electron chi connectivity index (χ3n) is 1.78. The number of nitrogens with zero attached hydrogens (tertiary/aromatic N) is 2. The summed E-state index contributed by atoms with van der Waals surface area (Å²) in [5.41, 5.74) is 6.75. The van der Waals surface area contributed by atoms with Gasteiger partial charge in [-0.3, -0.25) is 0 Å². The Labute approximate surface area is 81.1 Å². The van der Waals surface area contributed by atoms with E-state index in [2.05, 4.69) is 9.97 Å². The maximum atomic E-state index is 9.25. The van der Waals surface area contributed by atoms with E-state index < -0.39 is 0 Å². The molecule has 1 aromatic heterocycles. The van der Waals surface area contributed by atoms with E-state index in [1.807, 2.05) is 6.07 Å². The standard InChI is InChI=1S/C10H9N3O/c11-8-5-12-10(13-6-8)7-2-1-3-9(14)4-7/h1-6,14H,11H2. The lowest BCUT2D eigenvalue weighted by Crippen LogP contribution is -1.91. The highest BCUT2D eigenvalue weighted by Gasteiger charge is 2.00. The highest BCUT2D eigenvalue weighted by Crippen LogP contribution is 2.19. The van der Waals surface area contributed by atoms with Gasteiger partial charge in [0.2, 0.25) is 0 Å². The van der Waals surface area contributed by atoms with Crippen molar-refractivity contribution in [3.8, 4) is 17.1 Å². The predicted molar refractivity (Wildman–Crippen MR) is 53.5 cm³/mol. The summed E-state index contributed by atoms with van der Waals surface area (Å²) in [7, 11) is 0. The Hall–Kier alpha value is -2.10. The smallest absolute Gasteiger partial charge is 0.159 e. The van der Waals surface area contributed by atoms with E-state index in [0.717, 1.165) is 5.56 Å². The molecule has 0 aliphatic carbocycles. The van der Waals surface area contributed by atoms with Crippen molar-refractivity contribution in [2.24, 2.45) is 0 Å². The Kier molecular flexibility index (Phi) is 2.02. The molecule has 0 fully saturated rings. The molecule has 0 amide bonds. The van der Waals surface area contributed by atoms with Crippen molar-refractivity contribution >= 4 is 5.69 Å². The Morgan fingerprint density at radius 3 is 2.50 bits per heavy atom. The second-order valence-corrected chi connectivity index (χ2v) is 2.89. The van der Waals surface area contributed by atoms with Gasteiger partial charge in [-0.15, -0.1) is 0 Å². The molecule has 0 spiro atoms. The number of phenolic OH excluding ortho intramolecular Hbond substituents is 1.